The molecule has 2 N–H and O–H groups in total. The maximum absolute atomic E-state index is 10.5. The van der Waals surface area contributed by atoms with Crippen LogP contribution in [-0.2, 0) is 9.59 Å². The minimum atomic E-state index is -0.891. The SMILES string of the molecule is C/C=C\C(=O)O.CC/C(C)=C(\CC)C(=O)O. The van der Waals surface area contributed by atoms with Crippen molar-refractivity contribution in [3.8, 4) is 0 Å². The van der Waals surface area contributed by atoms with Gasteiger partial charge in [-0.3, -0.25) is 0 Å². The predicted molar refractivity (Wildman–Crippen MR) is 63.4 cm³/mol. The highest BCUT2D eigenvalue weighted by Gasteiger charge is 2.06. The Morgan fingerprint density at radius 3 is 1.69 bits per heavy atom. The molecule has 0 aliphatic carbocycles. The van der Waals surface area contributed by atoms with Gasteiger partial charge in [-0.05, 0) is 26.7 Å². The van der Waals surface area contributed by atoms with Gasteiger partial charge in [0.05, 0.1) is 0 Å². The highest BCUT2D eigenvalue weighted by Crippen LogP contribution is 2.10. The van der Waals surface area contributed by atoms with Crippen LogP contribution >= 0.6 is 0 Å². The van der Waals surface area contributed by atoms with Crippen LogP contribution in [0.2, 0.25) is 0 Å². The molecule has 0 atom stereocenters. The molecule has 4 nitrogen and oxygen atoms in total. The second-order valence-electron chi connectivity index (χ2n) is 3.11. The van der Waals surface area contributed by atoms with E-state index in [1.54, 1.807) is 6.92 Å². The Morgan fingerprint density at radius 2 is 1.62 bits per heavy atom. The van der Waals surface area contributed by atoms with Gasteiger partial charge in [0.15, 0.2) is 0 Å². The van der Waals surface area contributed by atoms with Crippen molar-refractivity contribution in [3.05, 3.63) is 23.3 Å². The molecule has 0 aromatic carbocycles. The minimum absolute atomic E-state index is 0.558. The van der Waals surface area contributed by atoms with Crippen LogP contribution in [0.3, 0.4) is 0 Å². The molecule has 0 saturated heterocycles. The molecule has 0 aromatic rings. The van der Waals surface area contributed by atoms with Gasteiger partial charge in [-0.2, -0.15) is 0 Å². The third-order valence-corrected chi connectivity index (χ3v) is 1.97. The van der Waals surface area contributed by atoms with Gasteiger partial charge >= 0.3 is 11.9 Å². The third kappa shape index (κ3) is 8.99. The van der Waals surface area contributed by atoms with E-state index in [1.165, 1.54) is 6.08 Å². The smallest absolute Gasteiger partial charge is 0.331 e. The maximum atomic E-state index is 10.5. The first-order chi connectivity index (χ1) is 7.40. The number of hydrogen-bond donors (Lipinski definition) is 2. The Labute approximate surface area is 96.3 Å². The summed E-state index contributed by atoms with van der Waals surface area (Å²) in [5, 5.41) is 16.4. The molecule has 0 bridgehead atoms. The fraction of sp³-hybridized carbons (Fsp3) is 0.500. The summed E-state index contributed by atoms with van der Waals surface area (Å²) in [6.07, 6.45) is 4.01. The van der Waals surface area contributed by atoms with Gasteiger partial charge < -0.3 is 10.2 Å². The summed E-state index contributed by atoms with van der Waals surface area (Å²) in [4.78, 5) is 20.0. The Bertz CT molecular complexity index is 287. The molecule has 0 radical (unpaired) electrons. The number of carboxylic acids is 2. The van der Waals surface area contributed by atoms with Crippen LogP contribution in [0.4, 0.5) is 0 Å². The van der Waals surface area contributed by atoms with E-state index in [9.17, 15) is 9.59 Å². The van der Waals surface area contributed by atoms with Gasteiger partial charge in [0.2, 0.25) is 0 Å². The van der Waals surface area contributed by atoms with E-state index in [0.717, 1.165) is 18.1 Å². The van der Waals surface area contributed by atoms with E-state index in [4.69, 9.17) is 10.2 Å². The van der Waals surface area contributed by atoms with Gasteiger partial charge in [-0.25, -0.2) is 9.59 Å². The predicted octanol–water partition coefficient (Wildman–Crippen LogP) is 2.85. The number of aliphatic carboxylic acids is 2. The Hall–Kier alpha value is -1.58. The van der Waals surface area contributed by atoms with E-state index >= 15 is 0 Å². The molecule has 92 valence electrons. The zero-order chi connectivity index (χ0) is 13.1. The van der Waals surface area contributed by atoms with Crippen LogP contribution in [0.25, 0.3) is 0 Å². The molecule has 0 aromatic heterocycles. The van der Waals surface area contributed by atoms with E-state index < -0.39 is 11.9 Å². The van der Waals surface area contributed by atoms with Gasteiger partial charge in [-0.15, -0.1) is 0 Å². The first-order valence-corrected chi connectivity index (χ1v) is 5.18. The van der Waals surface area contributed by atoms with Crippen molar-refractivity contribution in [2.24, 2.45) is 0 Å². The van der Waals surface area contributed by atoms with Crippen LogP contribution < -0.4 is 0 Å². The zero-order valence-electron chi connectivity index (χ0n) is 10.3. The molecule has 16 heavy (non-hydrogen) atoms. The molecular weight excluding hydrogens is 208 g/mol. The highest BCUT2D eigenvalue weighted by molar-refractivity contribution is 5.87. The van der Waals surface area contributed by atoms with E-state index in [2.05, 4.69) is 0 Å². The average Bonchev–Trinajstić information content (AvgIpc) is 2.18. The Morgan fingerprint density at radius 1 is 1.12 bits per heavy atom. The zero-order valence-corrected chi connectivity index (χ0v) is 10.3. The molecular formula is C12H20O4. The standard InChI is InChI=1S/C8H14O2.C4H6O2/c1-4-6(3)7(5-2)8(9)10;1-2-3-4(5)6/h4-5H2,1-3H3,(H,9,10);2-3H,1H3,(H,5,6)/b7-6+;3-2-. The topological polar surface area (TPSA) is 74.6 Å². The molecule has 0 saturated carbocycles. The summed E-state index contributed by atoms with van der Waals surface area (Å²) in [6.45, 7) is 7.36. The van der Waals surface area contributed by atoms with Crippen molar-refractivity contribution in [2.75, 3.05) is 0 Å². The first-order valence-electron chi connectivity index (χ1n) is 5.18. The van der Waals surface area contributed by atoms with E-state index in [1.807, 2.05) is 20.8 Å². The van der Waals surface area contributed by atoms with Gasteiger partial charge in [-0.1, -0.05) is 25.5 Å². The van der Waals surface area contributed by atoms with Crippen LogP contribution in [0, 0.1) is 0 Å². The lowest BCUT2D eigenvalue weighted by Crippen LogP contribution is -2.01. The molecule has 0 unspecified atom stereocenters. The fourth-order valence-corrected chi connectivity index (χ4v) is 0.992. The van der Waals surface area contributed by atoms with Crippen LogP contribution in [0.1, 0.15) is 40.5 Å². The number of allylic oxidation sites excluding steroid dienone is 2. The average molecular weight is 228 g/mol. The second kappa shape index (κ2) is 9.96. The van der Waals surface area contributed by atoms with Crippen LogP contribution in [0.5, 0.6) is 0 Å². The minimum Gasteiger partial charge on any atom is -0.478 e. The van der Waals surface area contributed by atoms with Crippen LogP contribution in [0.15, 0.2) is 23.3 Å². The van der Waals surface area contributed by atoms with Crippen molar-refractivity contribution >= 4 is 11.9 Å². The van der Waals surface area contributed by atoms with Crippen molar-refractivity contribution in [3.63, 3.8) is 0 Å². The summed E-state index contributed by atoms with van der Waals surface area (Å²) in [7, 11) is 0. The lowest BCUT2D eigenvalue weighted by Gasteiger charge is -2.01. The highest BCUT2D eigenvalue weighted by atomic mass is 16.4. The summed E-state index contributed by atoms with van der Waals surface area (Å²) >= 11 is 0. The summed E-state index contributed by atoms with van der Waals surface area (Å²) < 4.78 is 0. The molecule has 0 heterocycles. The fourth-order valence-electron chi connectivity index (χ4n) is 0.992. The van der Waals surface area contributed by atoms with Crippen LogP contribution in [-0.4, -0.2) is 22.2 Å². The van der Waals surface area contributed by atoms with Gasteiger partial charge in [0.1, 0.15) is 0 Å². The van der Waals surface area contributed by atoms with E-state index in [-0.39, 0.29) is 0 Å². The monoisotopic (exact) mass is 228 g/mol. The van der Waals surface area contributed by atoms with Crippen molar-refractivity contribution in [1.29, 1.82) is 0 Å². The molecule has 0 rings (SSSR count). The first kappa shape index (κ1) is 16.8. The van der Waals surface area contributed by atoms with Gasteiger partial charge in [0, 0.05) is 11.6 Å². The molecule has 0 aliphatic heterocycles. The van der Waals surface area contributed by atoms with Gasteiger partial charge in [0.25, 0.3) is 0 Å². The summed E-state index contributed by atoms with van der Waals surface area (Å²) in [5.74, 6) is -1.67. The molecule has 0 amide bonds. The van der Waals surface area contributed by atoms with Crippen molar-refractivity contribution in [2.45, 2.75) is 40.5 Å². The quantitative estimate of drug-likeness (QED) is 0.725. The second-order valence-corrected chi connectivity index (χ2v) is 3.11. The van der Waals surface area contributed by atoms with Crippen molar-refractivity contribution in [1.82, 2.24) is 0 Å². The number of carboxylic acid groups (broad SMARTS) is 2. The largest absolute Gasteiger partial charge is 0.478 e. The molecule has 0 aliphatic rings. The molecule has 0 spiro atoms. The normalized spacial score (nSPS) is 11.5. The van der Waals surface area contributed by atoms with E-state index in [0.29, 0.717) is 12.0 Å². The number of carbonyl (C=O) groups is 2. The third-order valence-electron chi connectivity index (χ3n) is 1.97. The maximum Gasteiger partial charge on any atom is 0.331 e. The molecule has 4 heteroatoms. The Balaban J connectivity index is 0. The molecule has 0 fully saturated rings. The number of hydrogen-bond acceptors (Lipinski definition) is 2. The Kier molecular flexibility index (Phi) is 10.5. The lowest BCUT2D eigenvalue weighted by atomic mass is 10.1. The lowest BCUT2D eigenvalue weighted by molar-refractivity contribution is -0.133. The number of rotatable bonds is 4. The summed E-state index contributed by atoms with van der Waals surface area (Å²) in [5.41, 5.74) is 1.54. The summed E-state index contributed by atoms with van der Waals surface area (Å²) in [6, 6.07) is 0. The van der Waals surface area contributed by atoms with Crippen molar-refractivity contribution < 1.29 is 19.8 Å².